The van der Waals surface area contributed by atoms with Gasteiger partial charge in [0.1, 0.15) is 5.02 Å². The molecule has 4 rings (SSSR count). The first-order valence-electron chi connectivity index (χ1n) is 8.09. The number of fused-ring (bicyclic) bond motifs is 1. The van der Waals surface area contributed by atoms with Crippen molar-refractivity contribution >= 4 is 46.1 Å². The van der Waals surface area contributed by atoms with E-state index in [2.05, 4.69) is 20.4 Å². The molecular formula is C18H13Cl2N5OS. The van der Waals surface area contributed by atoms with Crippen LogP contribution in [-0.4, -0.2) is 32.0 Å². The Morgan fingerprint density at radius 3 is 2.81 bits per heavy atom. The minimum absolute atomic E-state index is 0.163. The van der Waals surface area contributed by atoms with Crippen LogP contribution in [0.25, 0.3) is 16.9 Å². The van der Waals surface area contributed by atoms with Crippen molar-refractivity contribution in [1.82, 2.24) is 24.9 Å². The number of thiazole rings is 1. The molecule has 0 fully saturated rings. The minimum Gasteiger partial charge on any atom is -0.350 e. The second-order valence-electron chi connectivity index (χ2n) is 5.69. The highest BCUT2D eigenvalue weighted by Crippen LogP contribution is 2.24. The van der Waals surface area contributed by atoms with Gasteiger partial charge in [-0.1, -0.05) is 35.3 Å². The lowest BCUT2D eigenvalue weighted by atomic mass is 10.2. The third kappa shape index (κ3) is 3.80. The van der Waals surface area contributed by atoms with Gasteiger partial charge in [-0.15, -0.1) is 11.3 Å². The maximum Gasteiger partial charge on any atom is 0.273 e. The maximum atomic E-state index is 12.4. The molecule has 0 bridgehead atoms. The molecule has 0 saturated carbocycles. The third-order valence-electron chi connectivity index (χ3n) is 3.87. The maximum absolute atomic E-state index is 12.4. The zero-order valence-corrected chi connectivity index (χ0v) is 16.2. The van der Waals surface area contributed by atoms with Crippen LogP contribution in [-0.2, 0) is 6.42 Å². The number of benzene rings is 1. The van der Waals surface area contributed by atoms with E-state index >= 15 is 0 Å². The Kier molecular flexibility index (Phi) is 5.07. The van der Waals surface area contributed by atoms with Crippen LogP contribution < -0.4 is 5.32 Å². The van der Waals surface area contributed by atoms with Gasteiger partial charge < -0.3 is 5.32 Å². The van der Waals surface area contributed by atoms with E-state index in [-0.39, 0.29) is 16.6 Å². The summed E-state index contributed by atoms with van der Waals surface area (Å²) in [5.41, 5.74) is 2.52. The van der Waals surface area contributed by atoms with Gasteiger partial charge in [0.15, 0.2) is 11.3 Å². The zero-order valence-electron chi connectivity index (χ0n) is 13.9. The molecule has 1 amide bonds. The highest BCUT2D eigenvalue weighted by atomic mass is 35.5. The fourth-order valence-corrected chi connectivity index (χ4v) is 3.74. The highest BCUT2D eigenvalue weighted by Gasteiger charge is 2.18. The van der Waals surface area contributed by atoms with Gasteiger partial charge in [-0.2, -0.15) is 5.10 Å². The number of hydrogen-bond donors (Lipinski definition) is 1. The summed E-state index contributed by atoms with van der Waals surface area (Å²) in [6.07, 6.45) is 3.91. The Labute approximate surface area is 168 Å². The predicted octanol–water partition coefficient (Wildman–Crippen LogP) is 4.13. The SMILES string of the molecule is O=C(NCCc1nc(-c2ccc(Cl)cc2)cs1)c1nn2cccnc2c1Cl. The molecule has 1 aromatic carbocycles. The Balaban J connectivity index is 1.39. The number of halogens is 2. The molecule has 136 valence electrons. The van der Waals surface area contributed by atoms with Crippen LogP contribution in [0.4, 0.5) is 0 Å². The summed E-state index contributed by atoms with van der Waals surface area (Å²) in [6.45, 7) is 0.435. The van der Waals surface area contributed by atoms with Gasteiger partial charge >= 0.3 is 0 Å². The van der Waals surface area contributed by atoms with Gasteiger partial charge in [0, 0.05) is 41.3 Å². The summed E-state index contributed by atoms with van der Waals surface area (Å²) in [5, 5.41) is 10.9. The smallest absolute Gasteiger partial charge is 0.273 e. The number of nitrogens with zero attached hydrogens (tertiary/aromatic N) is 4. The van der Waals surface area contributed by atoms with Crippen LogP contribution in [0.5, 0.6) is 0 Å². The van der Waals surface area contributed by atoms with Crippen molar-refractivity contribution in [1.29, 1.82) is 0 Å². The first-order chi connectivity index (χ1) is 13.1. The van der Waals surface area contributed by atoms with Crippen molar-refractivity contribution in [2.24, 2.45) is 0 Å². The van der Waals surface area contributed by atoms with E-state index in [9.17, 15) is 4.79 Å². The minimum atomic E-state index is -0.333. The molecule has 4 aromatic rings. The lowest BCUT2D eigenvalue weighted by Gasteiger charge is -2.01. The van der Waals surface area contributed by atoms with E-state index in [0.717, 1.165) is 16.3 Å². The van der Waals surface area contributed by atoms with Crippen LogP contribution in [0.3, 0.4) is 0 Å². The van der Waals surface area contributed by atoms with E-state index in [1.807, 2.05) is 29.6 Å². The summed E-state index contributed by atoms with van der Waals surface area (Å²) in [4.78, 5) is 21.1. The molecule has 0 aliphatic rings. The number of hydrogen-bond acceptors (Lipinski definition) is 5. The van der Waals surface area contributed by atoms with Crippen LogP contribution in [0.2, 0.25) is 10.0 Å². The average molecular weight is 418 g/mol. The van der Waals surface area contributed by atoms with E-state index in [1.54, 1.807) is 29.8 Å². The van der Waals surface area contributed by atoms with Crippen LogP contribution in [0, 0.1) is 0 Å². The standard InChI is InChI=1S/C18H13Cl2N5OS/c19-12-4-2-11(3-5-12)13-10-27-14(23-13)6-8-22-18(26)16-15(20)17-21-7-1-9-25(17)24-16/h1-5,7,9-10H,6,8H2,(H,22,26). The lowest BCUT2D eigenvalue weighted by Crippen LogP contribution is -2.26. The molecule has 27 heavy (non-hydrogen) atoms. The van der Waals surface area contributed by atoms with Gasteiger partial charge in [0.25, 0.3) is 5.91 Å². The van der Waals surface area contributed by atoms with E-state index < -0.39 is 0 Å². The van der Waals surface area contributed by atoms with Gasteiger partial charge in [0.2, 0.25) is 0 Å². The first-order valence-corrected chi connectivity index (χ1v) is 9.73. The summed E-state index contributed by atoms with van der Waals surface area (Å²) in [7, 11) is 0. The summed E-state index contributed by atoms with van der Waals surface area (Å²) >= 11 is 13.7. The van der Waals surface area contributed by atoms with Crippen molar-refractivity contribution in [2.75, 3.05) is 6.54 Å². The molecule has 0 aliphatic carbocycles. The Bertz CT molecular complexity index is 1110. The number of amides is 1. The van der Waals surface area contributed by atoms with Crippen molar-refractivity contribution in [3.63, 3.8) is 0 Å². The first kappa shape index (κ1) is 17.9. The lowest BCUT2D eigenvalue weighted by molar-refractivity contribution is 0.0949. The second kappa shape index (κ2) is 7.64. The van der Waals surface area contributed by atoms with Crippen LogP contribution >= 0.6 is 34.5 Å². The molecule has 0 spiro atoms. The van der Waals surface area contributed by atoms with Gasteiger partial charge in [-0.25, -0.2) is 14.5 Å². The summed E-state index contributed by atoms with van der Waals surface area (Å²) in [6, 6.07) is 9.26. The van der Waals surface area contributed by atoms with Gasteiger partial charge in [-0.3, -0.25) is 4.79 Å². The van der Waals surface area contributed by atoms with Gasteiger partial charge in [0.05, 0.1) is 10.7 Å². The molecule has 0 unspecified atom stereocenters. The fourth-order valence-electron chi connectivity index (χ4n) is 2.55. The van der Waals surface area contributed by atoms with Crippen LogP contribution in [0.15, 0.2) is 48.1 Å². The van der Waals surface area contributed by atoms with Crippen molar-refractivity contribution in [3.8, 4) is 11.3 Å². The normalized spacial score (nSPS) is 11.0. The number of aromatic nitrogens is 4. The zero-order chi connectivity index (χ0) is 18.8. The molecular weight excluding hydrogens is 405 g/mol. The number of rotatable bonds is 5. The average Bonchev–Trinajstić information content (AvgIpc) is 3.28. The highest BCUT2D eigenvalue weighted by molar-refractivity contribution is 7.09. The van der Waals surface area contributed by atoms with E-state index in [1.165, 1.54) is 4.52 Å². The number of carbonyl (C=O) groups excluding carboxylic acids is 1. The molecule has 9 heteroatoms. The quantitative estimate of drug-likeness (QED) is 0.529. The Morgan fingerprint density at radius 2 is 2.04 bits per heavy atom. The van der Waals surface area contributed by atoms with Crippen molar-refractivity contribution in [3.05, 3.63) is 68.9 Å². The van der Waals surface area contributed by atoms with E-state index in [4.69, 9.17) is 23.2 Å². The molecule has 1 N–H and O–H groups in total. The largest absolute Gasteiger partial charge is 0.350 e. The van der Waals surface area contributed by atoms with Crippen molar-refractivity contribution in [2.45, 2.75) is 6.42 Å². The van der Waals surface area contributed by atoms with Gasteiger partial charge in [-0.05, 0) is 18.2 Å². The summed E-state index contributed by atoms with van der Waals surface area (Å²) < 4.78 is 1.48. The van der Waals surface area contributed by atoms with Crippen molar-refractivity contribution < 1.29 is 4.79 Å². The van der Waals surface area contributed by atoms with Crippen LogP contribution in [0.1, 0.15) is 15.5 Å². The Morgan fingerprint density at radius 1 is 1.22 bits per heavy atom. The fraction of sp³-hybridized carbons (Fsp3) is 0.111. The molecule has 3 aromatic heterocycles. The van der Waals surface area contributed by atoms with E-state index in [0.29, 0.717) is 23.6 Å². The number of carbonyl (C=O) groups is 1. The molecule has 0 saturated heterocycles. The molecule has 3 heterocycles. The summed E-state index contributed by atoms with van der Waals surface area (Å²) in [5.74, 6) is -0.333. The Hall–Kier alpha value is -2.48. The molecule has 0 atom stereocenters. The topological polar surface area (TPSA) is 72.2 Å². The second-order valence-corrected chi connectivity index (χ2v) is 7.45. The predicted molar refractivity (Wildman–Crippen MR) is 107 cm³/mol. The molecule has 0 radical (unpaired) electrons. The molecule has 6 nitrogen and oxygen atoms in total. The monoisotopic (exact) mass is 417 g/mol. The molecule has 0 aliphatic heterocycles. The number of nitrogens with one attached hydrogen (secondary N) is 1. The third-order valence-corrected chi connectivity index (χ3v) is 5.38.